The standard InChI is InChI=1S/C18H20Cl2N2O3/c1-10(16(23)21-11-6-4-2-3-5-7-11)22-17(24)12-8-14(19)15(20)9-13(12)18(22)25/h8-11H,2-7H2,1H3,(H,21,23). The van der Waals surface area contributed by atoms with Gasteiger partial charge < -0.3 is 5.32 Å². The molecule has 134 valence electrons. The Balaban J connectivity index is 1.76. The van der Waals surface area contributed by atoms with Crippen LogP contribution in [0.4, 0.5) is 0 Å². The molecule has 3 rings (SSSR count). The van der Waals surface area contributed by atoms with Crippen molar-refractivity contribution in [2.75, 3.05) is 0 Å². The molecule has 0 saturated heterocycles. The molecule has 0 spiro atoms. The molecule has 1 fully saturated rings. The Labute approximate surface area is 156 Å². The molecule has 1 aromatic carbocycles. The van der Waals surface area contributed by atoms with Gasteiger partial charge in [-0.1, -0.05) is 48.9 Å². The minimum absolute atomic E-state index is 0.108. The van der Waals surface area contributed by atoms with Crippen LogP contribution in [-0.4, -0.2) is 34.7 Å². The first-order valence-corrected chi connectivity index (χ1v) is 9.33. The number of amides is 3. The Morgan fingerprint density at radius 1 is 1.04 bits per heavy atom. The summed E-state index contributed by atoms with van der Waals surface area (Å²) in [6, 6.07) is 2.00. The molecule has 1 atom stereocenters. The minimum atomic E-state index is -0.881. The highest BCUT2D eigenvalue weighted by atomic mass is 35.5. The average Bonchev–Trinajstić information content (AvgIpc) is 2.77. The van der Waals surface area contributed by atoms with Gasteiger partial charge in [0.2, 0.25) is 5.91 Å². The molecule has 25 heavy (non-hydrogen) atoms. The number of hydrogen-bond acceptors (Lipinski definition) is 3. The number of halogens is 2. The van der Waals surface area contributed by atoms with Crippen molar-refractivity contribution in [1.29, 1.82) is 0 Å². The summed E-state index contributed by atoms with van der Waals surface area (Å²) >= 11 is 11.9. The molecule has 3 amide bonds. The van der Waals surface area contributed by atoms with Gasteiger partial charge in [-0.2, -0.15) is 0 Å². The molecule has 1 N–H and O–H groups in total. The molecule has 7 heteroatoms. The number of rotatable bonds is 3. The summed E-state index contributed by atoms with van der Waals surface area (Å²) in [5.41, 5.74) is 0.377. The number of benzene rings is 1. The van der Waals surface area contributed by atoms with Crippen LogP contribution in [0, 0.1) is 0 Å². The van der Waals surface area contributed by atoms with Gasteiger partial charge in [-0.15, -0.1) is 0 Å². The topological polar surface area (TPSA) is 66.5 Å². The summed E-state index contributed by atoms with van der Waals surface area (Å²) in [6.07, 6.45) is 6.41. The van der Waals surface area contributed by atoms with Crippen LogP contribution in [0.5, 0.6) is 0 Å². The van der Waals surface area contributed by atoms with Gasteiger partial charge in [0.1, 0.15) is 6.04 Å². The van der Waals surface area contributed by atoms with Crippen LogP contribution in [0.25, 0.3) is 0 Å². The van der Waals surface area contributed by atoms with Crippen LogP contribution in [0.3, 0.4) is 0 Å². The number of nitrogens with one attached hydrogen (secondary N) is 1. The molecular weight excluding hydrogens is 363 g/mol. The van der Waals surface area contributed by atoms with Crippen LogP contribution >= 0.6 is 23.2 Å². The van der Waals surface area contributed by atoms with Crippen LogP contribution in [0.1, 0.15) is 66.2 Å². The minimum Gasteiger partial charge on any atom is -0.352 e. The van der Waals surface area contributed by atoms with E-state index in [4.69, 9.17) is 23.2 Å². The Hall–Kier alpha value is -1.59. The second kappa shape index (κ2) is 7.34. The van der Waals surface area contributed by atoms with Crippen molar-refractivity contribution in [2.45, 2.75) is 57.5 Å². The summed E-state index contributed by atoms with van der Waals surface area (Å²) in [5, 5.41) is 3.40. The predicted molar refractivity (Wildman–Crippen MR) is 96.1 cm³/mol. The lowest BCUT2D eigenvalue weighted by Gasteiger charge is -2.24. The molecule has 1 aliphatic carbocycles. The molecule has 1 aromatic rings. The summed E-state index contributed by atoms with van der Waals surface area (Å²) < 4.78 is 0. The summed E-state index contributed by atoms with van der Waals surface area (Å²) in [7, 11) is 0. The van der Waals surface area contributed by atoms with Crippen molar-refractivity contribution in [2.24, 2.45) is 0 Å². The normalized spacial score (nSPS) is 19.6. The van der Waals surface area contributed by atoms with E-state index in [2.05, 4.69) is 5.32 Å². The summed E-state index contributed by atoms with van der Waals surface area (Å²) in [4.78, 5) is 38.7. The molecule has 1 unspecified atom stereocenters. The van der Waals surface area contributed by atoms with Gasteiger partial charge in [0, 0.05) is 6.04 Å². The zero-order valence-electron chi connectivity index (χ0n) is 14.0. The number of carbonyl (C=O) groups excluding carboxylic acids is 3. The maximum atomic E-state index is 12.6. The van der Waals surface area contributed by atoms with E-state index >= 15 is 0 Å². The van der Waals surface area contributed by atoms with Gasteiger partial charge in [0.25, 0.3) is 11.8 Å². The highest BCUT2D eigenvalue weighted by molar-refractivity contribution is 6.43. The number of hydrogen-bond donors (Lipinski definition) is 1. The van der Waals surface area contributed by atoms with E-state index in [1.165, 1.54) is 25.0 Å². The van der Waals surface area contributed by atoms with Crippen LogP contribution in [0.2, 0.25) is 10.0 Å². The highest BCUT2D eigenvalue weighted by Crippen LogP contribution is 2.32. The fourth-order valence-corrected chi connectivity index (χ4v) is 3.79. The van der Waals surface area contributed by atoms with Crippen LogP contribution in [-0.2, 0) is 4.79 Å². The fourth-order valence-electron chi connectivity index (χ4n) is 3.47. The summed E-state index contributed by atoms with van der Waals surface area (Å²) in [5.74, 6) is -1.33. The van der Waals surface area contributed by atoms with Gasteiger partial charge in [0.05, 0.1) is 21.2 Å². The second-order valence-electron chi connectivity index (χ2n) is 6.67. The van der Waals surface area contributed by atoms with Crippen molar-refractivity contribution in [3.8, 4) is 0 Å². The van der Waals surface area contributed by atoms with Gasteiger partial charge >= 0.3 is 0 Å². The zero-order valence-corrected chi connectivity index (χ0v) is 15.5. The van der Waals surface area contributed by atoms with Crippen molar-refractivity contribution in [3.63, 3.8) is 0 Å². The van der Waals surface area contributed by atoms with Gasteiger partial charge in [-0.3, -0.25) is 19.3 Å². The first kappa shape index (κ1) is 18.2. The molecule has 1 aliphatic heterocycles. The van der Waals surface area contributed by atoms with Crippen LogP contribution < -0.4 is 5.32 Å². The quantitative estimate of drug-likeness (QED) is 0.638. The number of fused-ring (bicyclic) bond motifs is 1. The number of carbonyl (C=O) groups is 3. The van der Waals surface area contributed by atoms with E-state index in [1.54, 1.807) is 6.92 Å². The molecule has 5 nitrogen and oxygen atoms in total. The smallest absolute Gasteiger partial charge is 0.262 e. The zero-order chi connectivity index (χ0) is 18.1. The Morgan fingerprint density at radius 3 is 2.00 bits per heavy atom. The van der Waals surface area contributed by atoms with E-state index in [0.29, 0.717) is 0 Å². The molecule has 1 heterocycles. The molecule has 0 aromatic heterocycles. The largest absolute Gasteiger partial charge is 0.352 e. The first-order chi connectivity index (χ1) is 11.9. The SMILES string of the molecule is CC(C(=O)NC1CCCCCC1)N1C(=O)c2cc(Cl)c(Cl)cc2C1=O. The number of nitrogens with zero attached hydrogens (tertiary/aromatic N) is 1. The van der Waals surface area contributed by atoms with E-state index in [9.17, 15) is 14.4 Å². The maximum Gasteiger partial charge on any atom is 0.262 e. The van der Waals surface area contributed by atoms with Gasteiger partial charge in [0.15, 0.2) is 0 Å². The maximum absolute atomic E-state index is 12.6. The van der Waals surface area contributed by atoms with E-state index in [1.807, 2.05) is 0 Å². The lowest BCUT2D eigenvalue weighted by Crippen LogP contribution is -2.50. The van der Waals surface area contributed by atoms with Crippen molar-refractivity contribution < 1.29 is 14.4 Å². The monoisotopic (exact) mass is 382 g/mol. The molecule has 1 saturated carbocycles. The fraction of sp³-hybridized carbons (Fsp3) is 0.500. The number of imide groups is 1. The average molecular weight is 383 g/mol. The molecule has 2 aliphatic rings. The lowest BCUT2D eigenvalue weighted by molar-refractivity contribution is -0.125. The Morgan fingerprint density at radius 2 is 1.52 bits per heavy atom. The second-order valence-corrected chi connectivity index (χ2v) is 7.48. The Kier molecular flexibility index (Phi) is 5.35. The molecular formula is C18H20Cl2N2O3. The highest BCUT2D eigenvalue weighted by Gasteiger charge is 2.41. The predicted octanol–water partition coefficient (Wildman–Crippen LogP) is 3.82. The van der Waals surface area contributed by atoms with E-state index in [0.717, 1.165) is 30.6 Å². The Bertz CT molecular complexity index is 686. The van der Waals surface area contributed by atoms with E-state index < -0.39 is 17.9 Å². The van der Waals surface area contributed by atoms with Crippen molar-refractivity contribution >= 4 is 40.9 Å². The van der Waals surface area contributed by atoms with Gasteiger partial charge in [-0.05, 0) is 31.9 Å². The summed E-state index contributed by atoms with van der Waals surface area (Å²) in [6.45, 7) is 1.57. The van der Waals surface area contributed by atoms with Gasteiger partial charge in [-0.25, -0.2) is 0 Å². The lowest BCUT2D eigenvalue weighted by atomic mass is 10.1. The van der Waals surface area contributed by atoms with Crippen molar-refractivity contribution in [1.82, 2.24) is 10.2 Å². The third-order valence-corrected chi connectivity index (χ3v) is 5.65. The third kappa shape index (κ3) is 3.53. The molecule has 0 bridgehead atoms. The molecule has 0 radical (unpaired) electrons. The van der Waals surface area contributed by atoms with E-state index in [-0.39, 0.29) is 33.1 Å². The van der Waals surface area contributed by atoms with Crippen molar-refractivity contribution in [3.05, 3.63) is 33.3 Å². The van der Waals surface area contributed by atoms with Crippen LogP contribution in [0.15, 0.2) is 12.1 Å². The first-order valence-electron chi connectivity index (χ1n) is 8.57. The third-order valence-electron chi connectivity index (χ3n) is 4.93.